The van der Waals surface area contributed by atoms with Crippen LogP contribution in [0.5, 0.6) is 0 Å². The maximum atomic E-state index is 12.7. The average Bonchev–Trinajstić information content (AvgIpc) is 2.75. The van der Waals surface area contributed by atoms with E-state index in [1.807, 2.05) is 19.2 Å². The molecule has 1 amide bonds. The molecule has 31 heavy (non-hydrogen) atoms. The number of H-pyrrole nitrogens is 1. The number of nitrogens with zero attached hydrogens (tertiary/aromatic N) is 2. The van der Waals surface area contributed by atoms with Gasteiger partial charge >= 0.3 is 0 Å². The first-order chi connectivity index (χ1) is 14.8. The molecule has 0 saturated carbocycles. The third kappa shape index (κ3) is 5.76. The summed E-state index contributed by atoms with van der Waals surface area (Å²) >= 11 is 0. The van der Waals surface area contributed by atoms with Gasteiger partial charge in [0.05, 0.1) is 5.69 Å². The molecule has 0 radical (unpaired) electrons. The molecule has 0 bridgehead atoms. The van der Waals surface area contributed by atoms with E-state index in [1.165, 1.54) is 6.33 Å². The quantitative estimate of drug-likeness (QED) is 0.437. The van der Waals surface area contributed by atoms with Gasteiger partial charge in [0.15, 0.2) is 0 Å². The van der Waals surface area contributed by atoms with Crippen molar-refractivity contribution in [2.24, 2.45) is 0 Å². The maximum Gasteiger partial charge on any atom is 0.271 e. The molecule has 3 aromatic rings. The number of likely N-dealkylation sites (N-methyl/N-ethyl adjacent to an activating group) is 1. The fraction of sp³-hybridized carbons (Fsp3) is 0.304. The summed E-state index contributed by atoms with van der Waals surface area (Å²) in [6.45, 7) is 7.85. The molecule has 3 rings (SSSR count). The van der Waals surface area contributed by atoms with Crippen molar-refractivity contribution >= 4 is 17.4 Å². The van der Waals surface area contributed by atoms with Crippen molar-refractivity contribution in [3.8, 4) is 11.3 Å². The van der Waals surface area contributed by atoms with Gasteiger partial charge in [-0.15, -0.1) is 0 Å². The number of aromatic nitrogens is 3. The van der Waals surface area contributed by atoms with Gasteiger partial charge in [-0.25, -0.2) is 9.97 Å². The zero-order valence-electron chi connectivity index (χ0n) is 18.2. The van der Waals surface area contributed by atoms with E-state index < -0.39 is 0 Å². The lowest BCUT2D eigenvalue weighted by Gasteiger charge is -2.19. The molecule has 0 unspecified atom stereocenters. The van der Waals surface area contributed by atoms with Crippen molar-refractivity contribution in [1.82, 2.24) is 20.3 Å². The van der Waals surface area contributed by atoms with Gasteiger partial charge in [-0.05, 0) is 36.2 Å². The van der Waals surface area contributed by atoms with Crippen LogP contribution in [0.3, 0.4) is 0 Å². The van der Waals surface area contributed by atoms with E-state index in [2.05, 4.69) is 51.7 Å². The molecule has 1 aromatic carbocycles. The Kier molecular flexibility index (Phi) is 6.81. The highest BCUT2D eigenvalue weighted by atomic mass is 16.2. The van der Waals surface area contributed by atoms with Crippen LogP contribution in [0.15, 0.2) is 53.7 Å². The molecule has 8 heteroatoms. The van der Waals surface area contributed by atoms with Crippen LogP contribution in [-0.2, 0) is 5.41 Å². The van der Waals surface area contributed by atoms with Crippen LogP contribution in [0.2, 0.25) is 0 Å². The second kappa shape index (κ2) is 9.53. The average molecular weight is 421 g/mol. The summed E-state index contributed by atoms with van der Waals surface area (Å²) in [5.41, 5.74) is 2.68. The summed E-state index contributed by atoms with van der Waals surface area (Å²) in [5.74, 6) is 0.330. The summed E-state index contributed by atoms with van der Waals surface area (Å²) < 4.78 is 0. The SMILES string of the molecule is CNCCNc1cc(-c2c[nH]c(=O)c(NC(=O)c3ccc(C(C)(C)C)cc3)c2)ncn1. The number of hydrogen-bond donors (Lipinski definition) is 4. The summed E-state index contributed by atoms with van der Waals surface area (Å²) in [5, 5.41) is 8.95. The molecule has 0 aliphatic heterocycles. The van der Waals surface area contributed by atoms with Crippen LogP contribution in [0.4, 0.5) is 11.5 Å². The number of pyridine rings is 1. The van der Waals surface area contributed by atoms with Gasteiger partial charge in [0.2, 0.25) is 0 Å². The standard InChI is InChI=1S/C23H28N6O2/c1-23(2,3)17-7-5-15(6-8-17)21(30)29-19-11-16(13-26-22(19)31)18-12-20(28-14-27-18)25-10-9-24-4/h5-8,11-14,24H,9-10H2,1-4H3,(H,26,31)(H,29,30)(H,25,27,28). The molecule has 0 aliphatic rings. The highest BCUT2D eigenvalue weighted by Crippen LogP contribution is 2.23. The molecule has 2 heterocycles. The van der Waals surface area contributed by atoms with Crippen LogP contribution in [0.1, 0.15) is 36.7 Å². The second-order valence-corrected chi connectivity index (χ2v) is 8.23. The Labute approximate surface area is 181 Å². The number of anilines is 2. The normalized spacial score (nSPS) is 11.2. The van der Waals surface area contributed by atoms with Gasteiger partial charge < -0.3 is 20.9 Å². The van der Waals surface area contributed by atoms with E-state index in [4.69, 9.17) is 0 Å². The minimum Gasteiger partial charge on any atom is -0.369 e. The summed E-state index contributed by atoms with van der Waals surface area (Å²) in [6, 6.07) is 10.8. The molecular formula is C23H28N6O2. The van der Waals surface area contributed by atoms with Crippen LogP contribution >= 0.6 is 0 Å². The number of carbonyl (C=O) groups is 1. The molecular weight excluding hydrogens is 392 g/mol. The first kappa shape index (κ1) is 22.2. The van der Waals surface area contributed by atoms with E-state index in [1.54, 1.807) is 30.5 Å². The second-order valence-electron chi connectivity index (χ2n) is 8.23. The zero-order valence-corrected chi connectivity index (χ0v) is 18.2. The summed E-state index contributed by atoms with van der Waals surface area (Å²) in [6.07, 6.45) is 3.02. The van der Waals surface area contributed by atoms with E-state index >= 15 is 0 Å². The van der Waals surface area contributed by atoms with Gasteiger partial charge in [-0.3, -0.25) is 9.59 Å². The largest absolute Gasteiger partial charge is 0.369 e. The minimum absolute atomic E-state index is 0.00120. The first-order valence-corrected chi connectivity index (χ1v) is 10.1. The summed E-state index contributed by atoms with van der Waals surface area (Å²) in [4.78, 5) is 36.1. The van der Waals surface area contributed by atoms with Crippen molar-refractivity contribution in [3.05, 3.63) is 70.4 Å². The fourth-order valence-corrected chi connectivity index (χ4v) is 2.97. The van der Waals surface area contributed by atoms with Crippen molar-refractivity contribution in [2.45, 2.75) is 26.2 Å². The third-order valence-corrected chi connectivity index (χ3v) is 4.81. The Morgan fingerprint density at radius 3 is 2.48 bits per heavy atom. The summed E-state index contributed by atoms with van der Waals surface area (Å²) in [7, 11) is 1.88. The van der Waals surface area contributed by atoms with E-state index in [0.29, 0.717) is 29.2 Å². The number of hydrogen-bond acceptors (Lipinski definition) is 6. The first-order valence-electron chi connectivity index (χ1n) is 10.1. The molecule has 0 atom stereocenters. The molecule has 8 nitrogen and oxygen atoms in total. The molecule has 2 aromatic heterocycles. The molecule has 0 aliphatic carbocycles. The van der Waals surface area contributed by atoms with Crippen LogP contribution in [0.25, 0.3) is 11.3 Å². The number of rotatable bonds is 7. The predicted octanol–water partition coefficient (Wildman–Crippen LogP) is 3.01. The Hall–Kier alpha value is -3.52. The number of carbonyl (C=O) groups excluding carboxylic acids is 1. The third-order valence-electron chi connectivity index (χ3n) is 4.81. The number of nitrogens with one attached hydrogen (secondary N) is 4. The van der Waals surface area contributed by atoms with Gasteiger partial charge in [-0.1, -0.05) is 32.9 Å². The van der Waals surface area contributed by atoms with Crippen LogP contribution < -0.4 is 21.5 Å². The zero-order chi connectivity index (χ0) is 22.4. The lowest BCUT2D eigenvalue weighted by atomic mass is 9.87. The topological polar surface area (TPSA) is 112 Å². The maximum absolute atomic E-state index is 12.7. The lowest BCUT2D eigenvalue weighted by molar-refractivity contribution is 0.102. The van der Waals surface area contributed by atoms with E-state index in [0.717, 1.165) is 12.1 Å². The Morgan fingerprint density at radius 1 is 1.06 bits per heavy atom. The molecule has 0 fully saturated rings. The lowest BCUT2D eigenvalue weighted by Crippen LogP contribution is -2.20. The van der Waals surface area contributed by atoms with E-state index in [9.17, 15) is 9.59 Å². The van der Waals surface area contributed by atoms with Gasteiger partial charge in [-0.2, -0.15) is 0 Å². The van der Waals surface area contributed by atoms with Crippen molar-refractivity contribution < 1.29 is 4.79 Å². The highest BCUT2D eigenvalue weighted by molar-refractivity contribution is 6.04. The Bertz CT molecular complexity index is 1100. The van der Waals surface area contributed by atoms with Gasteiger partial charge in [0.1, 0.15) is 17.8 Å². The fourth-order valence-electron chi connectivity index (χ4n) is 2.97. The van der Waals surface area contributed by atoms with Gasteiger partial charge in [0, 0.05) is 36.5 Å². The molecule has 4 N–H and O–H groups in total. The number of aromatic amines is 1. The smallest absolute Gasteiger partial charge is 0.271 e. The van der Waals surface area contributed by atoms with Crippen molar-refractivity contribution in [3.63, 3.8) is 0 Å². The number of amides is 1. The molecule has 162 valence electrons. The monoisotopic (exact) mass is 420 g/mol. The molecule has 0 saturated heterocycles. The molecule has 0 spiro atoms. The van der Waals surface area contributed by atoms with Crippen molar-refractivity contribution in [2.75, 3.05) is 30.8 Å². The van der Waals surface area contributed by atoms with Crippen LogP contribution in [-0.4, -0.2) is 41.0 Å². The van der Waals surface area contributed by atoms with E-state index in [-0.39, 0.29) is 22.6 Å². The van der Waals surface area contributed by atoms with Gasteiger partial charge in [0.25, 0.3) is 11.5 Å². The number of benzene rings is 1. The Morgan fingerprint density at radius 2 is 1.81 bits per heavy atom. The Balaban J connectivity index is 1.79. The minimum atomic E-state index is -0.384. The van der Waals surface area contributed by atoms with Crippen LogP contribution in [0, 0.1) is 0 Å². The highest BCUT2D eigenvalue weighted by Gasteiger charge is 2.15. The van der Waals surface area contributed by atoms with Crippen molar-refractivity contribution in [1.29, 1.82) is 0 Å². The predicted molar refractivity (Wildman–Crippen MR) is 124 cm³/mol.